The first kappa shape index (κ1) is 20.8. The van der Waals surface area contributed by atoms with Gasteiger partial charge in [0.05, 0.1) is 19.3 Å². The fourth-order valence-electron chi connectivity index (χ4n) is 4.33. The average molecular weight is 407 g/mol. The molecule has 1 aromatic heterocycles. The molecule has 0 unspecified atom stereocenters. The second-order valence-electron chi connectivity index (χ2n) is 8.20. The van der Waals surface area contributed by atoms with Gasteiger partial charge in [-0.15, -0.1) is 0 Å². The molecular weight excluding hydrogens is 376 g/mol. The Bertz CT molecular complexity index is 1060. The number of fused-ring (bicyclic) bond motifs is 1. The monoisotopic (exact) mass is 406 g/mol. The predicted octanol–water partition coefficient (Wildman–Crippen LogP) is 3.96. The van der Waals surface area contributed by atoms with Crippen molar-refractivity contribution in [2.75, 3.05) is 26.3 Å². The van der Waals surface area contributed by atoms with Crippen LogP contribution < -0.4 is 10.9 Å². The van der Waals surface area contributed by atoms with Gasteiger partial charge in [0.2, 0.25) is 0 Å². The molecule has 30 heavy (non-hydrogen) atoms. The second-order valence-corrected chi connectivity index (χ2v) is 8.20. The van der Waals surface area contributed by atoms with E-state index in [0.29, 0.717) is 12.1 Å². The molecule has 0 aliphatic carbocycles. The number of rotatable bonds is 6. The van der Waals surface area contributed by atoms with Crippen molar-refractivity contribution in [2.45, 2.75) is 39.4 Å². The smallest absolute Gasteiger partial charge is 0.336 e. The van der Waals surface area contributed by atoms with E-state index in [2.05, 4.69) is 60.5 Å². The van der Waals surface area contributed by atoms with Gasteiger partial charge in [0.15, 0.2) is 0 Å². The standard InChI is InChI=1S/C25H30N2O3/c1-17-13-22-21(15-24(28)30-23(22)14-18(17)2)16-26-19(3)25(20-7-5-4-6-8-20)27-9-11-29-12-10-27/h4-8,13-15,19,25-26H,9-12,16H2,1-3H3/t19-,25+/m0/s1. The van der Waals surface area contributed by atoms with E-state index >= 15 is 0 Å². The van der Waals surface area contributed by atoms with Crippen molar-refractivity contribution in [1.29, 1.82) is 0 Å². The molecule has 3 aromatic rings. The van der Waals surface area contributed by atoms with Gasteiger partial charge in [0.1, 0.15) is 5.58 Å². The minimum atomic E-state index is -0.303. The average Bonchev–Trinajstić information content (AvgIpc) is 2.75. The molecule has 0 saturated carbocycles. The Labute approximate surface area is 177 Å². The van der Waals surface area contributed by atoms with E-state index < -0.39 is 0 Å². The Morgan fingerprint density at radius 2 is 1.73 bits per heavy atom. The van der Waals surface area contributed by atoms with Crippen LogP contribution in [0.3, 0.4) is 0 Å². The van der Waals surface area contributed by atoms with Crippen molar-refractivity contribution in [3.05, 3.63) is 81.2 Å². The summed E-state index contributed by atoms with van der Waals surface area (Å²) in [7, 11) is 0. The highest BCUT2D eigenvalue weighted by molar-refractivity contribution is 5.81. The maximum atomic E-state index is 12.1. The molecule has 2 aromatic carbocycles. The first-order chi connectivity index (χ1) is 14.5. The highest BCUT2D eigenvalue weighted by Gasteiger charge is 2.27. The maximum absolute atomic E-state index is 12.1. The van der Waals surface area contributed by atoms with Gasteiger partial charge in [-0.1, -0.05) is 30.3 Å². The lowest BCUT2D eigenvalue weighted by Gasteiger charge is -2.38. The molecular formula is C25H30N2O3. The lowest BCUT2D eigenvalue weighted by Crippen LogP contribution is -2.46. The fourth-order valence-corrected chi connectivity index (χ4v) is 4.33. The van der Waals surface area contributed by atoms with Crippen LogP contribution in [0.1, 0.15) is 35.2 Å². The van der Waals surface area contributed by atoms with Gasteiger partial charge in [0, 0.05) is 37.1 Å². The van der Waals surface area contributed by atoms with Gasteiger partial charge < -0.3 is 14.5 Å². The summed E-state index contributed by atoms with van der Waals surface area (Å²) in [4.78, 5) is 14.6. The molecule has 1 saturated heterocycles. The molecule has 0 amide bonds. The molecule has 0 bridgehead atoms. The molecule has 2 atom stereocenters. The minimum Gasteiger partial charge on any atom is -0.423 e. The van der Waals surface area contributed by atoms with Crippen molar-refractivity contribution < 1.29 is 9.15 Å². The lowest BCUT2D eigenvalue weighted by molar-refractivity contribution is 0.00855. The van der Waals surface area contributed by atoms with Crippen molar-refractivity contribution in [3.8, 4) is 0 Å². The topological polar surface area (TPSA) is 54.7 Å². The van der Waals surface area contributed by atoms with Crippen LogP contribution in [-0.2, 0) is 11.3 Å². The quantitative estimate of drug-likeness (QED) is 0.628. The van der Waals surface area contributed by atoms with E-state index in [1.165, 1.54) is 11.1 Å². The highest BCUT2D eigenvalue weighted by Crippen LogP contribution is 2.26. The summed E-state index contributed by atoms with van der Waals surface area (Å²) >= 11 is 0. The van der Waals surface area contributed by atoms with Crippen LogP contribution in [-0.4, -0.2) is 37.2 Å². The van der Waals surface area contributed by atoms with Crippen LogP contribution in [0.2, 0.25) is 0 Å². The van der Waals surface area contributed by atoms with Crippen molar-refractivity contribution >= 4 is 11.0 Å². The number of hydrogen-bond acceptors (Lipinski definition) is 5. The Morgan fingerprint density at radius 1 is 1.03 bits per heavy atom. The molecule has 5 nitrogen and oxygen atoms in total. The van der Waals surface area contributed by atoms with Crippen LogP contribution in [0, 0.1) is 13.8 Å². The number of benzene rings is 2. The molecule has 0 spiro atoms. The van der Waals surface area contributed by atoms with Gasteiger partial charge >= 0.3 is 5.63 Å². The molecule has 1 aliphatic heterocycles. The fraction of sp³-hybridized carbons (Fsp3) is 0.400. The van der Waals surface area contributed by atoms with Crippen LogP contribution in [0.4, 0.5) is 0 Å². The van der Waals surface area contributed by atoms with E-state index in [1.807, 2.05) is 13.0 Å². The van der Waals surface area contributed by atoms with Crippen LogP contribution in [0.25, 0.3) is 11.0 Å². The largest absolute Gasteiger partial charge is 0.423 e. The summed E-state index contributed by atoms with van der Waals surface area (Å²) in [5.74, 6) is 0. The van der Waals surface area contributed by atoms with Gasteiger partial charge in [-0.05, 0) is 55.2 Å². The summed E-state index contributed by atoms with van der Waals surface area (Å²) < 4.78 is 11.0. The number of morpholine rings is 1. The third-order valence-electron chi connectivity index (χ3n) is 6.11. The van der Waals surface area contributed by atoms with Gasteiger partial charge in [-0.3, -0.25) is 4.90 Å². The van der Waals surface area contributed by atoms with E-state index in [9.17, 15) is 4.79 Å². The number of ether oxygens (including phenoxy) is 1. The highest BCUT2D eigenvalue weighted by atomic mass is 16.5. The zero-order valence-electron chi connectivity index (χ0n) is 18.0. The van der Waals surface area contributed by atoms with Crippen LogP contribution >= 0.6 is 0 Å². The van der Waals surface area contributed by atoms with Crippen molar-refractivity contribution in [3.63, 3.8) is 0 Å². The molecule has 2 heterocycles. The Morgan fingerprint density at radius 3 is 2.47 bits per heavy atom. The van der Waals surface area contributed by atoms with Crippen molar-refractivity contribution in [2.24, 2.45) is 0 Å². The summed E-state index contributed by atoms with van der Waals surface area (Å²) in [6.07, 6.45) is 0. The van der Waals surface area contributed by atoms with E-state index in [-0.39, 0.29) is 17.7 Å². The molecule has 158 valence electrons. The van der Waals surface area contributed by atoms with Crippen LogP contribution in [0.5, 0.6) is 0 Å². The van der Waals surface area contributed by atoms with Crippen LogP contribution in [0.15, 0.2) is 57.7 Å². The summed E-state index contributed by atoms with van der Waals surface area (Å²) in [5.41, 5.74) is 4.95. The van der Waals surface area contributed by atoms with Gasteiger partial charge in [-0.25, -0.2) is 4.79 Å². The summed E-state index contributed by atoms with van der Waals surface area (Å²) in [6, 6.07) is 16.7. The minimum absolute atomic E-state index is 0.194. The molecule has 1 aliphatic rings. The normalized spacial score (nSPS) is 17.2. The molecule has 0 radical (unpaired) electrons. The predicted molar refractivity (Wildman–Crippen MR) is 120 cm³/mol. The molecule has 1 N–H and O–H groups in total. The first-order valence-corrected chi connectivity index (χ1v) is 10.7. The van der Waals surface area contributed by atoms with Crippen molar-refractivity contribution in [1.82, 2.24) is 10.2 Å². The third kappa shape index (κ3) is 4.48. The van der Waals surface area contributed by atoms with E-state index in [0.717, 1.165) is 42.8 Å². The third-order valence-corrected chi connectivity index (χ3v) is 6.11. The van der Waals surface area contributed by atoms with E-state index in [1.54, 1.807) is 6.07 Å². The number of hydrogen-bond donors (Lipinski definition) is 1. The summed E-state index contributed by atoms with van der Waals surface area (Å²) in [6.45, 7) is 10.3. The zero-order valence-corrected chi connectivity index (χ0v) is 18.0. The summed E-state index contributed by atoms with van der Waals surface area (Å²) in [5, 5.41) is 4.69. The lowest BCUT2D eigenvalue weighted by atomic mass is 9.97. The van der Waals surface area contributed by atoms with Gasteiger partial charge in [0.25, 0.3) is 0 Å². The zero-order chi connectivity index (χ0) is 21.1. The number of aryl methyl sites for hydroxylation is 2. The molecule has 5 heteroatoms. The Balaban J connectivity index is 1.60. The SMILES string of the molecule is Cc1cc2oc(=O)cc(CN[C@@H](C)[C@H](c3ccccc3)N3CCOCC3)c2cc1C. The molecule has 1 fully saturated rings. The molecule has 4 rings (SSSR count). The second kappa shape index (κ2) is 9.13. The Hall–Kier alpha value is -2.47. The Kier molecular flexibility index (Phi) is 6.32. The first-order valence-electron chi connectivity index (χ1n) is 10.7. The van der Waals surface area contributed by atoms with E-state index in [4.69, 9.17) is 9.15 Å². The number of nitrogens with zero attached hydrogens (tertiary/aromatic N) is 1. The van der Waals surface area contributed by atoms with Gasteiger partial charge in [-0.2, -0.15) is 0 Å². The number of nitrogens with one attached hydrogen (secondary N) is 1. The maximum Gasteiger partial charge on any atom is 0.336 e.